The van der Waals surface area contributed by atoms with E-state index in [0.717, 1.165) is 6.07 Å². The van der Waals surface area contributed by atoms with Crippen molar-refractivity contribution in [2.75, 3.05) is 4.72 Å². The van der Waals surface area contributed by atoms with Crippen LogP contribution in [-0.2, 0) is 16.6 Å². The first kappa shape index (κ1) is 15.3. The molecule has 5 nitrogen and oxygen atoms in total. The predicted octanol–water partition coefficient (Wildman–Crippen LogP) is 1.76. The lowest BCUT2D eigenvalue weighted by atomic mass is 10.3. The summed E-state index contributed by atoms with van der Waals surface area (Å²) in [7, 11) is -4.23. The zero-order chi connectivity index (χ0) is 15.6. The molecule has 0 spiro atoms. The Labute approximate surface area is 118 Å². The van der Waals surface area contributed by atoms with Gasteiger partial charge in [0, 0.05) is 12.7 Å². The maximum absolute atomic E-state index is 13.5. The molecule has 0 saturated heterocycles. The molecule has 0 aliphatic carbocycles. The van der Waals surface area contributed by atoms with Crippen LogP contribution in [0.15, 0.2) is 35.4 Å². The van der Waals surface area contributed by atoms with Crippen molar-refractivity contribution in [1.82, 2.24) is 4.98 Å². The second kappa shape index (κ2) is 5.70. The molecule has 0 radical (unpaired) electrons. The van der Waals surface area contributed by atoms with Gasteiger partial charge < -0.3 is 5.73 Å². The Morgan fingerprint density at radius 2 is 1.86 bits per heavy atom. The number of anilines is 1. The van der Waals surface area contributed by atoms with Crippen LogP contribution >= 0.6 is 0 Å². The highest BCUT2D eigenvalue weighted by Crippen LogP contribution is 2.23. The number of hydrogen-bond acceptors (Lipinski definition) is 4. The molecule has 1 aromatic heterocycles. The minimum absolute atomic E-state index is 0.0630. The van der Waals surface area contributed by atoms with E-state index in [1.165, 1.54) is 18.3 Å². The topological polar surface area (TPSA) is 85.1 Å². The van der Waals surface area contributed by atoms with E-state index in [4.69, 9.17) is 5.73 Å². The second-order valence-corrected chi connectivity index (χ2v) is 5.63. The quantitative estimate of drug-likeness (QED) is 0.842. The summed E-state index contributed by atoms with van der Waals surface area (Å²) < 4.78 is 65.5. The Kier molecular flexibility index (Phi) is 4.14. The Bertz CT molecular complexity index is 781. The monoisotopic (exact) mass is 317 g/mol. The average molecular weight is 317 g/mol. The van der Waals surface area contributed by atoms with Gasteiger partial charge in [-0.15, -0.1) is 0 Å². The molecule has 0 aliphatic rings. The van der Waals surface area contributed by atoms with Gasteiger partial charge in [0.1, 0.15) is 4.90 Å². The second-order valence-electron chi connectivity index (χ2n) is 3.98. The van der Waals surface area contributed by atoms with E-state index in [2.05, 4.69) is 4.98 Å². The van der Waals surface area contributed by atoms with Crippen LogP contribution in [0.3, 0.4) is 0 Å². The number of sulfonamides is 1. The number of hydrogen-bond donors (Lipinski definition) is 2. The minimum Gasteiger partial charge on any atom is -0.325 e. The van der Waals surface area contributed by atoms with Crippen molar-refractivity contribution in [2.24, 2.45) is 5.73 Å². The summed E-state index contributed by atoms with van der Waals surface area (Å²) in [6.45, 7) is -0.155. The standard InChI is InChI=1S/C12H10F3N3O2S/c13-7-3-4-8(12(15)11(7)14)18-21(19,20)10-2-1-5-17-9(10)6-16/h1-5,18H,6,16H2. The zero-order valence-corrected chi connectivity index (χ0v) is 11.3. The molecule has 0 unspecified atom stereocenters. The van der Waals surface area contributed by atoms with Crippen LogP contribution in [0.4, 0.5) is 18.9 Å². The molecular formula is C12H10F3N3O2S. The van der Waals surface area contributed by atoms with Gasteiger partial charge in [0.25, 0.3) is 10.0 Å². The molecule has 2 aromatic rings. The number of benzene rings is 1. The van der Waals surface area contributed by atoms with Crippen molar-refractivity contribution in [3.8, 4) is 0 Å². The maximum atomic E-state index is 13.5. The van der Waals surface area contributed by atoms with Crippen molar-refractivity contribution >= 4 is 15.7 Å². The summed E-state index contributed by atoms with van der Waals surface area (Å²) in [5.74, 6) is -4.81. The minimum atomic E-state index is -4.23. The van der Waals surface area contributed by atoms with Crippen molar-refractivity contribution < 1.29 is 21.6 Å². The molecule has 0 fully saturated rings. The highest BCUT2D eigenvalue weighted by molar-refractivity contribution is 7.92. The molecule has 0 amide bonds. The number of aromatic nitrogens is 1. The fourth-order valence-corrected chi connectivity index (χ4v) is 2.89. The molecule has 112 valence electrons. The van der Waals surface area contributed by atoms with Gasteiger partial charge in [-0.05, 0) is 24.3 Å². The molecule has 9 heteroatoms. The fraction of sp³-hybridized carbons (Fsp3) is 0.0833. The number of nitrogens with zero attached hydrogens (tertiary/aromatic N) is 1. The van der Waals surface area contributed by atoms with Crippen LogP contribution in [0.5, 0.6) is 0 Å². The third-order valence-electron chi connectivity index (χ3n) is 2.61. The smallest absolute Gasteiger partial charge is 0.263 e. The van der Waals surface area contributed by atoms with Crippen LogP contribution in [0, 0.1) is 17.5 Å². The maximum Gasteiger partial charge on any atom is 0.263 e. The average Bonchev–Trinajstić information content (AvgIpc) is 2.48. The Hall–Kier alpha value is -2.13. The van der Waals surface area contributed by atoms with E-state index in [-0.39, 0.29) is 17.1 Å². The molecule has 21 heavy (non-hydrogen) atoms. The number of nitrogens with one attached hydrogen (secondary N) is 1. The normalized spacial score (nSPS) is 11.4. The van der Waals surface area contributed by atoms with Crippen molar-refractivity contribution in [2.45, 2.75) is 11.4 Å². The number of halogens is 3. The largest absolute Gasteiger partial charge is 0.325 e. The number of pyridine rings is 1. The van der Waals surface area contributed by atoms with Gasteiger partial charge in [0.05, 0.1) is 11.4 Å². The van der Waals surface area contributed by atoms with E-state index in [9.17, 15) is 21.6 Å². The van der Waals surface area contributed by atoms with E-state index >= 15 is 0 Å². The molecule has 0 aliphatic heterocycles. The summed E-state index contributed by atoms with van der Waals surface area (Å²) in [6, 6.07) is 3.97. The molecule has 3 N–H and O–H groups in total. The van der Waals surface area contributed by atoms with Gasteiger partial charge in [-0.2, -0.15) is 0 Å². The van der Waals surface area contributed by atoms with Gasteiger partial charge in [0.15, 0.2) is 17.5 Å². The first-order valence-electron chi connectivity index (χ1n) is 5.67. The molecule has 1 heterocycles. The lowest BCUT2D eigenvalue weighted by Crippen LogP contribution is -2.18. The van der Waals surface area contributed by atoms with Gasteiger partial charge >= 0.3 is 0 Å². The Morgan fingerprint density at radius 3 is 2.52 bits per heavy atom. The summed E-state index contributed by atoms with van der Waals surface area (Å²) >= 11 is 0. The van der Waals surface area contributed by atoms with E-state index in [0.29, 0.717) is 6.07 Å². The van der Waals surface area contributed by atoms with Crippen LogP contribution in [0.25, 0.3) is 0 Å². The first-order valence-corrected chi connectivity index (χ1v) is 7.15. The van der Waals surface area contributed by atoms with Crippen LogP contribution < -0.4 is 10.5 Å². The first-order chi connectivity index (χ1) is 9.86. The summed E-state index contributed by atoms with van der Waals surface area (Å²) in [4.78, 5) is 3.52. The summed E-state index contributed by atoms with van der Waals surface area (Å²) in [5.41, 5.74) is 4.73. The van der Waals surface area contributed by atoms with Crippen LogP contribution in [0.2, 0.25) is 0 Å². The molecule has 0 saturated carbocycles. The predicted molar refractivity (Wildman–Crippen MR) is 69.3 cm³/mol. The number of nitrogens with two attached hydrogens (primary N) is 1. The summed E-state index contributed by atoms with van der Waals surface area (Å²) in [5, 5.41) is 0. The van der Waals surface area contributed by atoms with Crippen LogP contribution in [0.1, 0.15) is 5.69 Å². The van der Waals surface area contributed by atoms with E-state index < -0.39 is 33.2 Å². The van der Waals surface area contributed by atoms with E-state index in [1.807, 2.05) is 4.72 Å². The van der Waals surface area contributed by atoms with Gasteiger partial charge in [0.2, 0.25) is 0 Å². The lowest BCUT2D eigenvalue weighted by molar-refractivity contribution is 0.449. The van der Waals surface area contributed by atoms with Crippen molar-refractivity contribution in [3.63, 3.8) is 0 Å². The molecule has 0 bridgehead atoms. The third kappa shape index (κ3) is 2.98. The van der Waals surface area contributed by atoms with E-state index in [1.54, 1.807) is 0 Å². The molecule has 1 aromatic carbocycles. The molecular weight excluding hydrogens is 307 g/mol. The lowest BCUT2D eigenvalue weighted by Gasteiger charge is -2.11. The highest BCUT2D eigenvalue weighted by atomic mass is 32.2. The summed E-state index contributed by atoms with van der Waals surface area (Å²) in [6.07, 6.45) is 1.35. The Balaban J connectivity index is 2.45. The zero-order valence-electron chi connectivity index (χ0n) is 10.5. The highest BCUT2D eigenvalue weighted by Gasteiger charge is 2.22. The van der Waals surface area contributed by atoms with Crippen LogP contribution in [-0.4, -0.2) is 13.4 Å². The number of rotatable bonds is 4. The fourth-order valence-electron chi connectivity index (χ4n) is 1.63. The Morgan fingerprint density at radius 1 is 1.14 bits per heavy atom. The van der Waals surface area contributed by atoms with Crippen molar-refractivity contribution in [1.29, 1.82) is 0 Å². The van der Waals surface area contributed by atoms with Crippen molar-refractivity contribution in [3.05, 3.63) is 53.6 Å². The van der Waals surface area contributed by atoms with Gasteiger partial charge in [-0.1, -0.05) is 0 Å². The molecule has 0 atom stereocenters. The third-order valence-corrected chi connectivity index (χ3v) is 4.05. The SMILES string of the molecule is NCc1ncccc1S(=O)(=O)Nc1ccc(F)c(F)c1F. The molecule has 2 rings (SSSR count). The van der Waals surface area contributed by atoms with Gasteiger partial charge in [-0.3, -0.25) is 9.71 Å². The van der Waals surface area contributed by atoms with Gasteiger partial charge in [-0.25, -0.2) is 21.6 Å².